The summed E-state index contributed by atoms with van der Waals surface area (Å²) >= 11 is 0. The zero-order valence-corrected chi connectivity index (χ0v) is 11.7. The highest BCUT2D eigenvalue weighted by molar-refractivity contribution is 5.34. The van der Waals surface area contributed by atoms with Crippen LogP contribution in [-0.2, 0) is 11.8 Å². The van der Waals surface area contributed by atoms with Gasteiger partial charge in [-0.15, -0.1) is 0 Å². The van der Waals surface area contributed by atoms with E-state index in [9.17, 15) is 18.3 Å². The molecule has 1 N–H and O–H groups in total. The largest absolute Gasteiger partial charge is 0.416 e. The predicted octanol–water partition coefficient (Wildman–Crippen LogP) is 4.88. The van der Waals surface area contributed by atoms with Crippen molar-refractivity contribution in [2.24, 2.45) is 5.92 Å². The van der Waals surface area contributed by atoms with Gasteiger partial charge in [0.25, 0.3) is 0 Å². The number of halogens is 3. The number of aliphatic hydroxyl groups is 1. The Morgan fingerprint density at radius 3 is 2.55 bits per heavy atom. The van der Waals surface area contributed by atoms with E-state index in [1.807, 2.05) is 0 Å². The first-order chi connectivity index (χ1) is 9.37. The van der Waals surface area contributed by atoms with E-state index in [4.69, 9.17) is 0 Å². The summed E-state index contributed by atoms with van der Waals surface area (Å²) in [5.74, 6) is 0.516. The second-order valence-electron chi connectivity index (χ2n) is 5.78. The van der Waals surface area contributed by atoms with E-state index < -0.39 is 17.3 Å². The summed E-state index contributed by atoms with van der Waals surface area (Å²) in [6.07, 6.45) is 0.00234. The van der Waals surface area contributed by atoms with Crippen molar-refractivity contribution in [3.05, 3.63) is 35.4 Å². The summed E-state index contributed by atoms with van der Waals surface area (Å²) in [6.45, 7) is 2.10. The normalized spacial score (nSPS) is 28.1. The maximum atomic E-state index is 13.1. The maximum Gasteiger partial charge on any atom is 0.416 e. The molecule has 0 aromatic heterocycles. The molecule has 0 heterocycles. The summed E-state index contributed by atoms with van der Waals surface area (Å²) in [5.41, 5.74) is -1.99. The van der Waals surface area contributed by atoms with E-state index in [2.05, 4.69) is 6.92 Å². The van der Waals surface area contributed by atoms with Gasteiger partial charge in [0.1, 0.15) is 0 Å². The zero-order chi connectivity index (χ0) is 14.8. The topological polar surface area (TPSA) is 20.2 Å². The molecule has 1 aromatic rings. The molecule has 1 aliphatic rings. The summed E-state index contributed by atoms with van der Waals surface area (Å²) in [5, 5.41) is 10.8. The fraction of sp³-hybridized carbons (Fsp3) is 0.625. The average Bonchev–Trinajstić information content (AvgIpc) is 2.60. The third kappa shape index (κ3) is 3.17. The van der Waals surface area contributed by atoms with Gasteiger partial charge in [0, 0.05) is 0 Å². The lowest BCUT2D eigenvalue weighted by molar-refractivity contribution is -0.141. The number of hydrogen-bond acceptors (Lipinski definition) is 1. The Kier molecular flexibility index (Phi) is 4.43. The van der Waals surface area contributed by atoms with Gasteiger partial charge in [-0.25, -0.2) is 0 Å². The van der Waals surface area contributed by atoms with Crippen molar-refractivity contribution in [1.29, 1.82) is 0 Å². The Hall–Kier alpha value is -1.03. The minimum atomic E-state index is -4.41. The van der Waals surface area contributed by atoms with E-state index in [1.165, 1.54) is 12.1 Å². The van der Waals surface area contributed by atoms with E-state index >= 15 is 0 Å². The van der Waals surface area contributed by atoms with Gasteiger partial charge in [-0.2, -0.15) is 13.2 Å². The van der Waals surface area contributed by atoms with Gasteiger partial charge in [0.2, 0.25) is 0 Å². The number of alkyl halides is 3. The third-order valence-electron chi connectivity index (χ3n) is 4.48. The van der Waals surface area contributed by atoms with Gasteiger partial charge in [0.15, 0.2) is 0 Å². The van der Waals surface area contributed by atoms with Crippen LogP contribution in [0.2, 0.25) is 0 Å². The molecule has 1 aliphatic carbocycles. The van der Waals surface area contributed by atoms with Crippen LogP contribution in [0.1, 0.15) is 56.6 Å². The van der Waals surface area contributed by atoms with Crippen molar-refractivity contribution in [2.75, 3.05) is 0 Å². The number of hydrogen-bond donors (Lipinski definition) is 1. The highest BCUT2D eigenvalue weighted by atomic mass is 19.4. The maximum absolute atomic E-state index is 13.1. The fourth-order valence-electron chi connectivity index (χ4n) is 3.21. The second-order valence-corrected chi connectivity index (χ2v) is 5.78. The number of benzene rings is 1. The predicted molar refractivity (Wildman–Crippen MR) is 72.2 cm³/mol. The first-order valence-electron chi connectivity index (χ1n) is 7.26. The first-order valence-corrected chi connectivity index (χ1v) is 7.26. The highest BCUT2D eigenvalue weighted by Crippen LogP contribution is 2.43. The molecular formula is C16H21F3O. The molecule has 1 aromatic carbocycles. The first kappa shape index (κ1) is 15.4. The van der Waals surface area contributed by atoms with Gasteiger partial charge in [0.05, 0.1) is 11.2 Å². The van der Waals surface area contributed by atoms with Crippen molar-refractivity contribution in [3.63, 3.8) is 0 Å². The lowest BCUT2D eigenvalue weighted by atomic mass is 9.83. The molecule has 0 radical (unpaired) electrons. The van der Waals surface area contributed by atoms with Crippen LogP contribution in [0.5, 0.6) is 0 Å². The van der Waals surface area contributed by atoms with Crippen LogP contribution in [-0.4, -0.2) is 5.11 Å². The van der Waals surface area contributed by atoms with Crippen molar-refractivity contribution in [2.45, 2.75) is 57.2 Å². The zero-order valence-electron chi connectivity index (χ0n) is 11.7. The van der Waals surface area contributed by atoms with Crippen molar-refractivity contribution >= 4 is 0 Å². The molecule has 1 saturated carbocycles. The van der Waals surface area contributed by atoms with Gasteiger partial charge in [-0.05, 0) is 43.2 Å². The van der Waals surface area contributed by atoms with Crippen LogP contribution in [0.15, 0.2) is 24.3 Å². The molecule has 4 heteroatoms. The molecule has 0 saturated heterocycles. The fourth-order valence-corrected chi connectivity index (χ4v) is 3.21. The lowest BCUT2D eigenvalue weighted by Crippen LogP contribution is -2.28. The highest BCUT2D eigenvalue weighted by Gasteiger charge is 2.41. The Bertz CT molecular complexity index is 455. The molecule has 112 valence electrons. The van der Waals surface area contributed by atoms with Gasteiger partial charge >= 0.3 is 6.18 Å². The molecule has 1 fully saturated rings. The Morgan fingerprint density at radius 1 is 1.20 bits per heavy atom. The van der Waals surface area contributed by atoms with Crippen LogP contribution in [0.3, 0.4) is 0 Å². The van der Waals surface area contributed by atoms with Gasteiger partial charge < -0.3 is 5.11 Å². The van der Waals surface area contributed by atoms with E-state index in [0.717, 1.165) is 31.7 Å². The van der Waals surface area contributed by atoms with Crippen LogP contribution >= 0.6 is 0 Å². The SMILES string of the molecule is CCC1CCCC(O)(c2ccccc2C(F)(F)F)CC1. The van der Waals surface area contributed by atoms with Crippen molar-refractivity contribution in [3.8, 4) is 0 Å². The summed E-state index contributed by atoms with van der Waals surface area (Å²) in [4.78, 5) is 0. The monoisotopic (exact) mass is 286 g/mol. The molecule has 1 nitrogen and oxygen atoms in total. The molecule has 2 atom stereocenters. The average molecular weight is 286 g/mol. The van der Waals surface area contributed by atoms with Crippen LogP contribution in [0.4, 0.5) is 13.2 Å². The Morgan fingerprint density at radius 2 is 1.90 bits per heavy atom. The molecule has 2 rings (SSSR count). The van der Waals surface area contributed by atoms with Crippen molar-refractivity contribution < 1.29 is 18.3 Å². The van der Waals surface area contributed by atoms with E-state index in [0.29, 0.717) is 18.8 Å². The molecule has 0 bridgehead atoms. The standard InChI is InChI=1S/C16H21F3O/c1-2-12-6-5-10-15(20,11-9-12)13-7-3-4-8-14(13)16(17,18)19/h3-4,7-8,12,20H,2,5-6,9-11H2,1H3. The minimum absolute atomic E-state index is 0.0456. The van der Waals surface area contributed by atoms with Crippen molar-refractivity contribution in [1.82, 2.24) is 0 Å². The minimum Gasteiger partial charge on any atom is -0.385 e. The van der Waals surface area contributed by atoms with Crippen LogP contribution < -0.4 is 0 Å². The molecule has 20 heavy (non-hydrogen) atoms. The van der Waals surface area contributed by atoms with Crippen LogP contribution in [0.25, 0.3) is 0 Å². The summed E-state index contributed by atoms with van der Waals surface area (Å²) in [7, 11) is 0. The van der Waals surface area contributed by atoms with E-state index in [-0.39, 0.29) is 5.56 Å². The molecule has 0 amide bonds. The summed E-state index contributed by atoms with van der Waals surface area (Å²) < 4.78 is 39.3. The smallest absolute Gasteiger partial charge is 0.385 e. The second kappa shape index (κ2) is 5.76. The molecule has 0 spiro atoms. The van der Waals surface area contributed by atoms with Gasteiger partial charge in [-0.3, -0.25) is 0 Å². The Labute approximate surface area is 117 Å². The Balaban J connectivity index is 2.35. The van der Waals surface area contributed by atoms with Gasteiger partial charge in [-0.1, -0.05) is 38.0 Å². The summed E-state index contributed by atoms with van der Waals surface area (Å²) in [6, 6.07) is 5.44. The van der Waals surface area contributed by atoms with Crippen LogP contribution in [0, 0.1) is 5.92 Å². The molecule has 2 unspecified atom stereocenters. The molecular weight excluding hydrogens is 265 g/mol. The number of rotatable bonds is 2. The quantitative estimate of drug-likeness (QED) is 0.768. The lowest BCUT2D eigenvalue weighted by Gasteiger charge is -2.30. The molecule has 0 aliphatic heterocycles. The van der Waals surface area contributed by atoms with E-state index in [1.54, 1.807) is 6.07 Å². The third-order valence-corrected chi connectivity index (χ3v) is 4.48.